The summed E-state index contributed by atoms with van der Waals surface area (Å²) in [5, 5.41) is 10.7. The number of carbonyl (C=O) groups is 1. The predicted molar refractivity (Wildman–Crippen MR) is 90.6 cm³/mol. The predicted octanol–water partition coefficient (Wildman–Crippen LogP) is 3.96. The van der Waals surface area contributed by atoms with Gasteiger partial charge in [0.15, 0.2) is 0 Å². The Balaban J connectivity index is 2.36. The minimum absolute atomic E-state index is 0.586. The molecular weight excluding hydrogens is 290 g/mol. The molecule has 0 aliphatic rings. The fourth-order valence-corrected chi connectivity index (χ4v) is 3.15. The molecule has 3 aromatic rings. The molecule has 5 nitrogen and oxygen atoms in total. The lowest BCUT2D eigenvalue weighted by Gasteiger charge is -2.18. The van der Waals surface area contributed by atoms with Crippen molar-refractivity contribution >= 4 is 27.9 Å². The van der Waals surface area contributed by atoms with Gasteiger partial charge >= 0.3 is 5.97 Å². The number of hydrogen-bond donors (Lipinski definition) is 1. The highest BCUT2D eigenvalue weighted by Crippen LogP contribution is 2.30. The van der Waals surface area contributed by atoms with Crippen LogP contribution in [0.25, 0.3) is 21.9 Å². The summed E-state index contributed by atoms with van der Waals surface area (Å²) < 4.78 is 1.93. The number of carboxylic acids is 1. The maximum atomic E-state index is 11.9. The highest BCUT2D eigenvalue weighted by atomic mass is 16.4. The average Bonchev–Trinajstić information content (AvgIpc) is 2.91. The number of benzene rings is 1. The Bertz CT molecular complexity index is 854. The highest BCUT2D eigenvalue weighted by Gasteiger charge is 2.25. The Kier molecular flexibility index (Phi) is 4.28. The van der Waals surface area contributed by atoms with Crippen LogP contribution in [0.1, 0.15) is 45.0 Å². The third-order valence-electron chi connectivity index (χ3n) is 4.13. The van der Waals surface area contributed by atoms with E-state index in [1.165, 1.54) is 0 Å². The average molecular weight is 311 g/mol. The molecule has 120 valence electrons. The van der Waals surface area contributed by atoms with E-state index >= 15 is 0 Å². The van der Waals surface area contributed by atoms with Gasteiger partial charge in [0, 0.05) is 11.8 Å². The lowest BCUT2D eigenvalue weighted by molar-refractivity contribution is -0.141. The van der Waals surface area contributed by atoms with Crippen LogP contribution >= 0.6 is 0 Å². The molecule has 1 aromatic carbocycles. The van der Waals surface area contributed by atoms with Crippen LogP contribution in [0.4, 0.5) is 0 Å². The summed E-state index contributed by atoms with van der Waals surface area (Å²) in [5.74, 6) is 0.0332. The third kappa shape index (κ3) is 2.67. The molecule has 23 heavy (non-hydrogen) atoms. The van der Waals surface area contributed by atoms with Crippen molar-refractivity contribution in [3.05, 3.63) is 36.3 Å². The van der Waals surface area contributed by atoms with E-state index in [0.717, 1.165) is 47.0 Å². The maximum Gasteiger partial charge on any atom is 0.326 e. The molecule has 2 aromatic heterocycles. The monoisotopic (exact) mass is 311 g/mol. The van der Waals surface area contributed by atoms with Gasteiger partial charge in [-0.05, 0) is 18.9 Å². The van der Waals surface area contributed by atoms with E-state index in [2.05, 4.69) is 16.9 Å². The summed E-state index contributed by atoms with van der Waals surface area (Å²) >= 11 is 0. The SMILES string of the molecule is CCCc1nc2cnc3ccccc3c2n1C(CCC)C(=O)O. The fraction of sp³-hybridized carbons (Fsp3) is 0.389. The third-order valence-corrected chi connectivity index (χ3v) is 4.13. The van der Waals surface area contributed by atoms with Crippen LogP contribution < -0.4 is 0 Å². The largest absolute Gasteiger partial charge is 0.480 e. The molecular formula is C18H21N3O2. The first kappa shape index (κ1) is 15.5. The smallest absolute Gasteiger partial charge is 0.326 e. The molecule has 0 fully saturated rings. The molecule has 1 unspecified atom stereocenters. The van der Waals surface area contributed by atoms with Gasteiger partial charge < -0.3 is 9.67 Å². The van der Waals surface area contributed by atoms with Crippen molar-refractivity contribution in [2.75, 3.05) is 0 Å². The molecule has 1 atom stereocenters. The molecule has 1 N–H and O–H groups in total. The Morgan fingerprint density at radius 3 is 2.70 bits per heavy atom. The number of aromatic nitrogens is 3. The molecule has 0 radical (unpaired) electrons. The van der Waals surface area contributed by atoms with Gasteiger partial charge in [-0.25, -0.2) is 9.78 Å². The summed E-state index contributed by atoms with van der Waals surface area (Å²) in [4.78, 5) is 21.0. The molecule has 0 aliphatic heterocycles. The number of hydrogen-bond acceptors (Lipinski definition) is 3. The normalized spacial score (nSPS) is 12.8. The number of aliphatic carboxylic acids is 1. The van der Waals surface area contributed by atoms with Gasteiger partial charge in [-0.3, -0.25) is 4.98 Å². The summed E-state index contributed by atoms with van der Waals surface area (Å²) in [7, 11) is 0. The van der Waals surface area contributed by atoms with E-state index in [0.29, 0.717) is 6.42 Å². The maximum absolute atomic E-state index is 11.9. The summed E-state index contributed by atoms with van der Waals surface area (Å²) in [6, 6.07) is 7.24. The van der Waals surface area contributed by atoms with E-state index < -0.39 is 12.0 Å². The van der Waals surface area contributed by atoms with Crippen molar-refractivity contribution < 1.29 is 9.90 Å². The first-order chi connectivity index (χ1) is 11.2. The lowest BCUT2D eigenvalue weighted by Crippen LogP contribution is -2.21. The first-order valence-electron chi connectivity index (χ1n) is 8.14. The molecule has 2 heterocycles. The molecule has 0 saturated heterocycles. The van der Waals surface area contributed by atoms with E-state index in [1.54, 1.807) is 6.20 Å². The molecule has 0 bridgehead atoms. The Labute approximate surface area is 135 Å². The second-order valence-electron chi connectivity index (χ2n) is 5.80. The molecule has 0 spiro atoms. The number of imidazole rings is 1. The standard InChI is InChI=1S/C18H21N3O2/c1-3-7-15(18(22)23)21-16(8-4-2)20-14-11-19-13-10-6-5-9-12(13)17(14)21/h5-6,9-11,15H,3-4,7-8H2,1-2H3,(H,22,23). The summed E-state index contributed by atoms with van der Waals surface area (Å²) in [6.45, 7) is 4.09. The molecule has 0 amide bonds. The molecule has 0 aliphatic carbocycles. The second kappa shape index (κ2) is 6.36. The zero-order valence-corrected chi connectivity index (χ0v) is 13.5. The van der Waals surface area contributed by atoms with Crippen LogP contribution in [0.2, 0.25) is 0 Å². The van der Waals surface area contributed by atoms with Gasteiger partial charge in [-0.15, -0.1) is 0 Å². The second-order valence-corrected chi connectivity index (χ2v) is 5.80. The number of aryl methyl sites for hydroxylation is 1. The van der Waals surface area contributed by atoms with E-state index in [9.17, 15) is 9.90 Å². The number of carboxylic acid groups (broad SMARTS) is 1. The van der Waals surface area contributed by atoms with Crippen LogP contribution in [0, 0.1) is 0 Å². The Hall–Kier alpha value is -2.43. The number of fused-ring (bicyclic) bond motifs is 3. The quantitative estimate of drug-likeness (QED) is 0.748. The van der Waals surface area contributed by atoms with Gasteiger partial charge in [0.05, 0.1) is 17.2 Å². The van der Waals surface area contributed by atoms with Crippen molar-refractivity contribution in [3.8, 4) is 0 Å². The zero-order valence-electron chi connectivity index (χ0n) is 13.5. The van der Waals surface area contributed by atoms with E-state index in [4.69, 9.17) is 0 Å². The highest BCUT2D eigenvalue weighted by molar-refractivity contribution is 6.02. The van der Waals surface area contributed by atoms with Gasteiger partial charge in [0.25, 0.3) is 0 Å². The minimum atomic E-state index is -0.801. The van der Waals surface area contributed by atoms with Gasteiger partial charge in [0.1, 0.15) is 17.4 Å². The van der Waals surface area contributed by atoms with Crippen molar-refractivity contribution in [3.63, 3.8) is 0 Å². The topological polar surface area (TPSA) is 68.0 Å². The van der Waals surface area contributed by atoms with Crippen molar-refractivity contribution in [1.29, 1.82) is 0 Å². The van der Waals surface area contributed by atoms with Crippen molar-refractivity contribution in [2.24, 2.45) is 0 Å². The minimum Gasteiger partial charge on any atom is -0.480 e. The lowest BCUT2D eigenvalue weighted by atomic mass is 10.1. The van der Waals surface area contributed by atoms with Crippen LogP contribution in [0.15, 0.2) is 30.5 Å². The van der Waals surface area contributed by atoms with Crippen LogP contribution in [-0.2, 0) is 11.2 Å². The van der Waals surface area contributed by atoms with Crippen LogP contribution in [0.3, 0.4) is 0 Å². The summed E-state index contributed by atoms with van der Waals surface area (Å²) in [6.07, 6.45) is 4.83. The Morgan fingerprint density at radius 2 is 2.00 bits per heavy atom. The number of rotatable bonds is 6. The molecule has 3 rings (SSSR count). The molecule has 5 heteroatoms. The fourth-order valence-electron chi connectivity index (χ4n) is 3.15. The van der Waals surface area contributed by atoms with Crippen LogP contribution in [0.5, 0.6) is 0 Å². The van der Waals surface area contributed by atoms with E-state index in [-0.39, 0.29) is 0 Å². The summed E-state index contributed by atoms with van der Waals surface area (Å²) in [5.41, 5.74) is 2.53. The number of nitrogens with zero attached hydrogens (tertiary/aromatic N) is 3. The van der Waals surface area contributed by atoms with Gasteiger partial charge in [-0.2, -0.15) is 0 Å². The van der Waals surface area contributed by atoms with Crippen molar-refractivity contribution in [2.45, 2.75) is 45.6 Å². The van der Waals surface area contributed by atoms with Gasteiger partial charge in [0.2, 0.25) is 0 Å². The van der Waals surface area contributed by atoms with Gasteiger partial charge in [-0.1, -0.05) is 38.5 Å². The zero-order chi connectivity index (χ0) is 16.4. The number of pyridine rings is 1. The molecule has 0 saturated carbocycles. The van der Waals surface area contributed by atoms with E-state index in [1.807, 2.05) is 35.8 Å². The van der Waals surface area contributed by atoms with Crippen LogP contribution in [-0.4, -0.2) is 25.6 Å². The Morgan fingerprint density at radius 1 is 1.22 bits per heavy atom. The number of para-hydroxylation sites is 1. The van der Waals surface area contributed by atoms with Crippen molar-refractivity contribution in [1.82, 2.24) is 14.5 Å². The first-order valence-corrected chi connectivity index (χ1v) is 8.14.